The van der Waals surface area contributed by atoms with Crippen LogP contribution in [0.5, 0.6) is 5.88 Å². The second-order valence-electron chi connectivity index (χ2n) is 8.31. The number of likely N-dealkylation sites (N-methyl/N-ethyl adjacent to an activating group) is 1. The molecule has 0 radical (unpaired) electrons. The Kier molecular flexibility index (Phi) is 6.47. The normalized spacial score (nSPS) is 17.2. The number of pyridine rings is 2. The number of hydrogen-bond donors (Lipinski definition) is 1. The lowest BCUT2D eigenvalue weighted by Crippen LogP contribution is -2.35. The predicted molar refractivity (Wildman–Crippen MR) is 136 cm³/mol. The van der Waals surface area contributed by atoms with Crippen molar-refractivity contribution in [1.82, 2.24) is 14.9 Å². The Balaban J connectivity index is 1.24. The Hall–Kier alpha value is -4.12. The van der Waals surface area contributed by atoms with Crippen LogP contribution in [0, 0.1) is 0 Å². The van der Waals surface area contributed by atoms with Gasteiger partial charge in [-0.05, 0) is 36.4 Å². The lowest BCUT2D eigenvalue weighted by atomic mass is 10.2. The van der Waals surface area contributed by atoms with E-state index in [2.05, 4.69) is 15.3 Å². The lowest BCUT2D eigenvalue weighted by Gasteiger charge is -2.20. The molecule has 1 fully saturated rings. The molecule has 0 aliphatic carbocycles. The van der Waals surface area contributed by atoms with Crippen LogP contribution in [0.25, 0.3) is 17.1 Å². The number of carbonyl (C=O) groups excluding carboxylic acids is 3. The summed E-state index contributed by atoms with van der Waals surface area (Å²) in [6, 6.07) is 10.8. The zero-order valence-electron chi connectivity index (χ0n) is 19.6. The number of fused-ring (bicyclic) bond motifs is 2. The summed E-state index contributed by atoms with van der Waals surface area (Å²) in [5.41, 5.74) is 3.36. The third kappa shape index (κ3) is 4.82. The van der Waals surface area contributed by atoms with Crippen molar-refractivity contribution in [1.29, 1.82) is 0 Å². The second-order valence-corrected chi connectivity index (χ2v) is 9.32. The van der Waals surface area contributed by atoms with Gasteiger partial charge >= 0.3 is 6.09 Å². The fourth-order valence-corrected chi connectivity index (χ4v) is 4.81. The molecule has 184 valence electrons. The van der Waals surface area contributed by atoms with Crippen LogP contribution in [0.2, 0.25) is 0 Å². The highest BCUT2D eigenvalue weighted by atomic mass is 32.2. The summed E-state index contributed by atoms with van der Waals surface area (Å²) in [6.07, 6.45) is 3.81. The van der Waals surface area contributed by atoms with Gasteiger partial charge in [-0.15, -0.1) is 11.8 Å². The summed E-state index contributed by atoms with van der Waals surface area (Å²) in [5.74, 6) is 0.512. The number of methoxy groups -OCH3 is 1. The SMILES string of the molecule is COc1ccc2nccc(/C=C/C(=O)N(C)C[C@H]3CN(c4ccc5c(c4)NC(=O)CS5)C(=O)O3)c2n1. The molecule has 1 saturated heterocycles. The van der Waals surface area contributed by atoms with Gasteiger partial charge in [0.15, 0.2) is 0 Å². The summed E-state index contributed by atoms with van der Waals surface area (Å²) in [6.45, 7) is 0.519. The van der Waals surface area contributed by atoms with Crippen molar-refractivity contribution in [2.24, 2.45) is 0 Å². The third-order valence-corrected chi connectivity index (χ3v) is 6.91. The smallest absolute Gasteiger partial charge is 0.414 e. The Bertz CT molecular complexity index is 1390. The summed E-state index contributed by atoms with van der Waals surface area (Å²) in [7, 11) is 3.19. The minimum atomic E-state index is -0.493. The fourth-order valence-electron chi connectivity index (χ4n) is 4.03. The van der Waals surface area contributed by atoms with Gasteiger partial charge in [-0.1, -0.05) is 0 Å². The van der Waals surface area contributed by atoms with Crippen LogP contribution in [0.3, 0.4) is 0 Å². The van der Waals surface area contributed by atoms with Crippen molar-refractivity contribution in [2.45, 2.75) is 11.0 Å². The number of hydrogen-bond acceptors (Lipinski definition) is 8. The molecule has 1 N–H and O–H groups in total. The van der Waals surface area contributed by atoms with E-state index in [0.29, 0.717) is 40.6 Å². The van der Waals surface area contributed by atoms with Crippen molar-refractivity contribution in [2.75, 3.05) is 43.2 Å². The van der Waals surface area contributed by atoms with Crippen LogP contribution in [0.15, 0.2) is 53.6 Å². The number of rotatable bonds is 6. The Labute approximate surface area is 211 Å². The summed E-state index contributed by atoms with van der Waals surface area (Å²) >= 11 is 1.46. The zero-order valence-corrected chi connectivity index (χ0v) is 20.4. The molecule has 36 heavy (non-hydrogen) atoms. The van der Waals surface area contributed by atoms with E-state index in [1.165, 1.54) is 34.7 Å². The van der Waals surface area contributed by atoms with Crippen molar-refractivity contribution in [3.63, 3.8) is 0 Å². The zero-order chi connectivity index (χ0) is 25.2. The maximum atomic E-state index is 12.8. The van der Waals surface area contributed by atoms with Crippen LogP contribution in [-0.2, 0) is 14.3 Å². The molecular weight excluding hydrogens is 482 g/mol. The molecule has 2 aliphatic rings. The molecule has 0 bridgehead atoms. The lowest BCUT2D eigenvalue weighted by molar-refractivity contribution is -0.125. The number of amides is 3. The molecule has 3 aromatic rings. The quantitative estimate of drug-likeness (QED) is 0.508. The summed E-state index contributed by atoms with van der Waals surface area (Å²) in [4.78, 5) is 49.7. The van der Waals surface area contributed by atoms with Gasteiger partial charge in [0.2, 0.25) is 17.7 Å². The molecule has 2 aliphatic heterocycles. The van der Waals surface area contributed by atoms with Gasteiger partial charge in [0.25, 0.3) is 0 Å². The maximum absolute atomic E-state index is 12.8. The highest BCUT2D eigenvalue weighted by Gasteiger charge is 2.34. The minimum absolute atomic E-state index is 0.0746. The molecule has 0 saturated carbocycles. The number of benzene rings is 1. The van der Waals surface area contributed by atoms with E-state index in [1.807, 2.05) is 18.2 Å². The van der Waals surface area contributed by atoms with Crippen LogP contribution >= 0.6 is 11.8 Å². The van der Waals surface area contributed by atoms with Gasteiger partial charge in [-0.25, -0.2) is 9.78 Å². The number of ether oxygens (including phenoxy) is 2. The summed E-state index contributed by atoms with van der Waals surface area (Å²) < 4.78 is 10.7. The van der Waals surface area contributed by atoms with Gasteiger partial charge in [-0.3, -0.25) is 19.5 Å². The average Bonchev–Trinajstić information content (AvgIpc) is 3.25. The highest BCUT2D eigenvalue weighted by Crippen LogP contribution is 2.35. The molecule has 0 unspecified atom stereocenters. The maximum Gasteiger partial charge on any atom is 0.414 e. The van der Waals surface area contributed by atoms with Crippen molar-refractivity contribution in [3.8, 4) is 5.88 Å². The predicted octanol–water partition coefficient (Wildman–Crippen LogP) is 3.18. The largest absolute Gasteiger partial charge is 0.481 e. The van der Waals surface area contributed by atoms with Crippen LogP contribution < -0.4 is 15.0 Å². The molecule has 3 amide bonds. The number of thioether (sulfide) groups is 1. The van der Waals surface area contributed by atoms with Gasteiger partial charge in [0.1, 0.15) is 6.10 Å². The standard InChI is InChI=1S/C25H23N5O5S/c1-29(23(32)8-3-15-9-10-26-18-5-7-22(34-2)28-24(15)18)12-17-13-30(25(33)35-17)16-4-6-20-19(11-16)27-21(31)14-36-20/h3-11,17H,12-14H2,1-2H3,(H,27,31)/b8-3+/t17-/m0/s1. The van der Waals surface area contributed by atoms with E-state index in [-0.39, 0.29) is 18.4 Å². The second kappa shape index (κ2) is 9.86. The van der Waals surface area contributed by atoms with E-state index in [0.717, 1.165) is 10.5 Å². The van der Waals surface area contributed by atoms with Crippen LogP contribution in [0.4, 0.5) is 16.2 Å². The number of carbonyl (C=O) groups is 3. The average molecular weight is 506 g/mol. The number of nitrogens with zero attached hydrogens (tertiary/aromatic N) is 4. The first kappa shape index (κ1) is 23.6. The third-order valence-electron chi connectivity index (χ3n) is 5.84. The van der Waals surface area contributed by atoms with E-state index >= 15 is 0 Å². The van der Waals surface area contributed by atoms with Crippen molar-refractivity contribution in [3.05, 3.63) is 54.2 Å². The van der Waals surface area contributed by atoms with Crippen molar-refractivity contribution >= 4 is 58.2 Å². The first-order chi connectivity index (χ1) is 17.4. The molecule has 2 aromatic heterocycles. The van der Waals surface area contributed by atoms with Gasteiger partial charge < -0.3 is 19.7 Å². The topological polar surface area (TPSA) is 114 Å². The van der Waals surface area contributed by atoms with Gasteiger partial charge in [0.05, 0.1) is 42.7 Å². The fraction of sp³-hybridized carbons (Fsp3) is 0.240. The van der Waals surface area contributed by atoms with Crippen LogP contribution in [-0.4, -0.2) is 71.9 Å². The highest BCUT2D eigenvalue weighted by molar-refractivity contribution is 8.00. The molecule has 11 heteroatoms. The first-order valence-corrected chi connectivity index (χ1v) is 12.2. The number of aromatic nitrogens is 2. The van der Waals surface area contributed by atoms with E-state index in [4.69, 9.17) is 9.47 Å². The molecule has 0 spiro atoms. The van der Waals surface area contributed by atoms with E-state index in [1.54, 1.807) is 37.5 Å². The Morgan fingerprint density at radius 1 is 1.31 bits per heavy atom. The van der Waals surface area contributed by atoms with Gasteiger partial charge in [0, 0.05) is 41.5 Å². The number of cyclic esters (lactones) is 1. The van der Waals surface area contributed by atoms with Crippen molar-refractivity contribution < 1.29 is 23.9 Å². The van der Waals surface area contributed by atoms with E-state index in [9.17, 15) is 14.4 Å². The monoisotopic (exact) mass is 505 g/mol. The van der Waals surface area contributed by atoms with Crippen LogP contribution in [0.1, 0.15) is 5.56 Å². The number of nitrogens with one attached hydrogen (secondary N) is 1. The molecule has 4 heterocycles. The Morgan fingerprint density at radius 3 is 3.00 bits per heavy atom. The number of anilines is 2. The Morgan fingerprint density at radius 2 is 2.17 bits per heavy atom. The van der Waals surface area contributed by atoms with E-state index < -0.39 is 12.2 Å². The molecular formula is C25H23N5O5S. The molecule has 1 aromatic carbocycles. The molecule has 1 atom stereocenters. The first-order valence-electron chi connectivity index (χ1n) is 11.2. The van der Waals surface area contributed by atoms with Gasteiger partial charge in [-0.2, -0.15) is 0 Å². The molecule has 5 rings (SSSR count). The minimum Gasteiger partial charge on any atom is -0.481 e. The summed E-state index contributed by atoms with van der Waals surface area (Å²) in [5, 5.41) is 2.83. The molecule has 10 nitrogen and oxygen atoms in total.